The molecule has 2 N–H and O–H groups in total. The monoisotopic (exact) mass is 256 g/mol. The Morgan fingerprint density at radius 1 is 1.00 bits per heavy atom. The van der Waals surface area contributed by atoms with Crippen molar-refractivity contribution in [2.45, 2.75) is 65.2 Å². The maximum absolute atomic E-state index is 11.6. The lowest BCUT2D eigenvalue weighted by Gasteiger charge is -2.11. The second kappa shape index (κ2) is 12.9. The molecule has 18 heavy (non-hydrogen) atoms. The van der Waals surface area contributed by atoms with Crippen LogP contribution in [0, 0.1) is 5.92 Å². The van der Waals surface area contributed by atoms with E-state index in [1.807, 2.05) is 14.0 Å². The van der Waals surface area contributed by atoms with E-state index in [4.69, 9.17) is 0 Å². The van der Waals surface area contributed by atoms with Gasteiger partial charge in [0.1, 0.15) is 0 Å². The van der Waals surface area contributed by atoms with Crippen LogP contribution in [0.3, 0.4) is 0 Å². The molecule has 0 saturated heterocycles. The molecule has 0 fully saturated rings. The molecule has 0 saturated carbocycles. The average Bonchev–Trinajstić information content (AvgIpc) is 2.36. The summed E-state index contributed by atoms with van der Waals surface area (Å²) in [5, 5.41) is 6.02. The first kappa shape index (κ1) is 17.4. The van der Waals surface area contributed by atoms with Gasteiger partial charge in [0.05, 0.1) is 0 Å². The molecule has 0 aliphatic rings. The van der Waals surface area contributed by atoms with Gasteiger partial charge in [0.25, 0.3) is 0 Å². The minimum absolute atomic E-state index is 0.0732. The van der Waals surface area contributed by atoms with Crippen molar-refractivity contribution in [3.05, 3.63) is 0 Å². The third kappa shape index (κ3) is 10.6. The minimum Gasteiger partial charge on any atom is -0.356 e. The van der Waals surface area contributed by atoms with E-state index >= 15 is 0 Å². The van der Waals surface area contributed by atoms with E-state index in [9.17, 15) is 4.79 Å². The number of unbranched alkanes of at least 4 members (excludes halogenated alkanes) is 7. The third-order valence-electron chi connectivity index (χ3n) is 3.29. The van der Waals surface area contributed by atoms with Crippen LogP contribution in [0.15, 0.2) is 0 Å². The highest BCUT2D eigenvalue weighted by atomic mass is 16.1. The Kier molecular flexibility index (Phi) is 12.5. The summed E-state index contributed by atoms with van der Waals surface area (Å²) in [5.74, 6) is 0.247. The minimum atomic E-state index is 0.0732. The van der Waals surface area contributed by atoms with Gasteiger partial charge < -0.3 is 10.6 Å². The zero-order valence-electron chi connectivity index (χ0n) is 12.6. The fourth-order valence-corrected chi connectivity index (χ4v) is 2.04. The molecule has 0 bridgehead atoms. The maximum atomic E-state index is 11.6. The van der Waals surface area contributed by atoms with E-state index in [0.717, 1.165) is 19.5 Å². The Morgan fingerprint density at radius 3 is 2.11 bits per heavy atom. The zero-order valence-corrected chi connectivity index (χ0v) is 12.6. The van der Waals surface area contributed by atoms with Gasteiger partial charge in [0.15, 0.2) is 0 Å². The predicted molar refractivity (Wildman–Crippen MR) is 78.7 cm³/mol. The fourth-order valence-electron chi connectivity index (χ4n) is 2.04. The first-order chi connectivity index (χ1) is 8.72. The lowest BCUT2D eigenvalue weighted by atomic mass is 10.1. The van der Waals surface area contributed by atoms with Crippen molar-refractivity contribution in [2.75, 3.05) is 20.1 Å². The lowest BCUT2D eigenvalue weighted by molar-refractivity contribution is -0.124. The molecule has 0 rings (SSSR count). The Bertz CT molecular complexity index is 195. The lowest BCUT2D eigenvalue weighted by Crippen LogP contribution is -2.34. The highest BCUT2D eigenvalue weighted by Crippen LogP contribution is 2.07. The van der Waals surface area contributed by atoms with Crippen molar-refractivity contribution in [1.29, 1.82) is 0 Å². The Labute approximate surface area is 113 Å². The molecule has 0 aliphatic heterocycles. The number of rotatable bonds is 12. The summed E-state index contributed by atoms with van der Waals surface area (Å²) in [6.45, 7) is 5.79. The quantitative estimate of drug-likeness (QED) is 0.527. The fraction of sp³-hybridized carbons (Fsp3) is 0.933. The molecule has 0 aromatic carbocycles. The standard InChI is InChI=1S/C15H32N2O/c1-4-5-6-7-8-9-10-11-12-17-15(18)14(2)13-16-3/h14,16H,4-13H2,1-3H3,(H,17,18). The van der Waals surface area contributed by atoms with E-state index in [1.54, 1.807) is 0 Å². The molecule has 0 heterocycles. The summed E-state index contributed by atoms with van der Waals surface area (Å²) < 4.78 is 0. The largest absolute Gasteiger partial charge is 0.356 e. The molecule has 108 valence electrons. The van der Waals surface area contributed by atoms with Crippen LogP contribution in [0.5, 0.6) is 0 Å². The molecule has 1 unspecified atom stereocenters. The number of amides is 1. The number of nitrogens with one attached hydrogen (secondary N) is 2. The highest BCUT2D eigenvalue weighted by Gasteiger charge is 2.09. The van der Waals surface area contributed by atoms with Gasteiger partial charge in [0.2, 0.25) is 5.91 Å². The van der Waals surface area contributed by atoms with Crippen LogP contribution in [0.4, 0.5) is 0 Å². The number of hydrogen-bond acceptors (Lipinski definition) is 2. The normalized spacial score (nSPS) is 12.4. The molecule has 0 aromatic rings. The van der Waals surface area contributed by atoms with Gasteiger partial charge in [-0.15, -0.1) is 0 Å². The van der Waals surface area contributed by atoms with E-state index in [0.29, 0.717) is 0 Å². The van der Waals surface area contributed by atoms with Gasteiger partial charge >= 0.3 is 0 Å². The van der Waals surface area contributed by atoms with Gasteiger partial charge in [-0.2, -0.15) is 0 Å². The number of hydrogen-bond donors (Lipinski definition) is 2. The summed E-state index contributed by atoms with van der Waals surface area (Å²) >= 11 is 0. The SMILES string of the molecule is CCCCCCCCCCNC(=O)C(C)CNC. The van der Waals surface area contributed by atoms with E-state index < -0.39 is 0 Å². The van der Waals surface area contributed by atoms with E-state index in [2.05, 4.69) is 17.6 Å². The van der Waals surface area contributed by atoms with Crippen LogP contribution >= 0.6 is 0 Å². The first-order valence-corrected chi connectivity index (χ1v) is 7.64. The molecule has 0 spiro atoms. The molecule has 0 aromatic heterocycles. The Morgan fingerprint density at radius 2 is 1.56 bits per heavy atom. The number of carbonyl (C=O) groups excluding carboxylic acids is 1. The Balaban J connectivity index is 3.22. The van der Waals surface area contributed by atoms with Crippen molar-refractivity contribution in [2.24, 2.45) is 5.92 Å². The summed E-state index contributed by atoms with van der Waals surface area (Å²) in [4.78, 5) is 11.6. The third-order valence-corrected chi connectivity index (χ3v) is 3.29. The highest BCUT2D eigenvalue weighted by molar-refractivity contribution is 5.78. The average molecular weight is 256 g/mol. The molecular formula is C15H32N2O. The maximum Gasteiger partial charge on any atom is 0.224 e. The van der Waals surface area contributed by atoms with Crippen molar-refractivity contribution >= 4 is 5.91 Å². The second-order valence-electron chi connectivity index (χ2n) is 5.22. The van der Waals surface area contributed by atoms with Crippen molar-refractivity contribution in [3.63, 3.8) is 0 Å². The van der Waals surface area contributed by atoms with Crippen molar-refractivity contribution < 1.29 is 4.79 Å². The molecule has 1 atom stereocenters. The van der Waals surface area contributed by atoms with Gasteiger partial charge in [-0.3, -0.25) is 4.79 Å². The van der Waals surface area contributed by atoms with Gasteiger partial charge in [-0.25, -0.2) is 0 Å². The first-order valence-electron chi connectivity index (χ1n) is 7.64. The van der Waals surface area contributed by atoms with Crippen molar-refractivity contribution in [3.8, 4) is 0 Å². The number of carbonyl (C=O) groups is 1. The molecular weight excluding hydrogens is 224 g/mol. The summed E-state index contributed by atoms with van der Waals surface area (Å²) in [6, 6.07) is 0. The smallest absolute Gasteiger partial charge is 0.224 e. The van der Waals surface area contributed by atoms with Crippen LogP contribution in [0.1, 0.15) is 65.2 Å². The molecule has 0 aliphatic carbocycles. The van der Waals surface area contributed by atoms with Gasteiger partial charge in [-0.1, -0.05) is 58.8 Å². The van der Waals surface area contributed by atoms with Crippen LogP contribution in [0.25, 0.3) is 0 Å². The van der Waals surface area contributed by atoms with Crippen LogP contribution in [0.2, 0.25) is 0 Å². The van der Waals surface area contributed by atoms with Gasteiger partial charge in [0, 0.05) is 19.0 Å². The van der Waals surface area contributed by atoms with Crippen LogP contribution in [-0.2, 0) is 4.79 Å². The molecule has 0 radical (unpaired) electrons. The van der Waals surface area contributed by atoms with E-state index in [1.165, 1.54) is 44.9 Å². The molecule has 1 amide bonds. The van der Waals surface area contributed by atoms with Gasteiger partial charge in [-0.05, 0) is 13.5 Å². The zero-order chi connectivity index (χ0) is 13.6. The molecule has 3 heteroatoms. The van der Waals surface area contributed by atoms with Crippen LogP contribution in [-0.4, -0.2) is 26.0 Å². The summed E-state index contributed by atoms with van der Waals surface area (Å²) in [5.41, 5.74) is 0. The predicted octanol–water partition coefficient (Wildman–Crippen LogP) is 3.10. The molecule has 3 nitrogen and oxygen atoms in total. The van der Waals surface area contributed by atoms with E-state index in [-0.39, 0.29) is 11.8 Å². The summed E-state index contributed by atoms with van der Waals surface area (Å²) in [6.07, 6.45) is 10.5. The second-order valence-corrected chi connectivity index (χ2v) is 5.22. The summed E-state index contributed by atoms with van der Waals surface area (Å²) in [7, 11) is 1.88. The van der Waals surface area contributed by atoms with Crippen LogP contribution < -0.4 is 10.6 Å². The Hall–Kier alpha value is -0.570. The topological polar surface area (TPSA) is 41.1 Å². The van der Waals surface area contributed by atoms with Crippen molar-refractivity contribution in [1.82, 2.24) is 10.6 Å².